The summed E-state index contributed by atoms with van der Waals surface area (Å²) in [6, 6.07) is 7.93. The van der Waals surface area contributed by atoms with E-state index in [1.807, 2.05) is 38.1 Å². The molecular formula is C14H17N3O2. The molecule has 3 rings (SSSR count). The molecule has 5 nitrogen and oxygen atoms in total. The van der Waals surface area contributed by atoms with E-state index in [1.165, 1.54) is 0 Å². The molecule has 1 aliphatic rings. The van der Waals surface area contributed by atoms with Gasteiger partial charge >= 0.3 is 0 Å². The Hall–Kier alpha value is -1.72. The van der Waals surface area contributed by atoms with Crippen molar-refractivity contribution in [2.24, 2.45) is 0 Å². The lowest BCUT2D eigenvalue weighted by molar-refractivity contribution is -0.136. The van der Waals surface area contributed by atoms with E-state index in [1.54, 1.807) is 6.33 Å². The summed E-state index contributed by atoms with van der Waals surface area (Å²) >= 11 is 0. The number of nitrogens with one attached hydrogen (secondary N) is 1. The van der Waals surface area contributed by atoms with Crippen LogP contribution in [0, 0.1) is 0 Å². The van der Waals surface area contributed by atoms with Crippen LogP contribution in [0.3, 0.4) is 0 Å². The summed E-state index contributed by atoms with van der Waals surface area (Å²) in [5, 5.41) is 4.33. The number of nitrogens with zero attached hydrogens (tertiary/aromatic N) is 2. The minimum atomic E-state index is -0.486. The molecule has 100 valence electrons. The fourth-order valence-electron chi connectivity index (χ4n) is 2.22. The van der Waals surface area contributed by atoms with Crippen LogP contribution in [0.5, 0.6) is 0 Å². The summed E-state index contributed by atoms with van der Waals surface area (Å²) in [5.41, 5.74) is 0.934. The van der Waals surface area contributed by atoms with Gasteiger partial charge in [-0.1, -0.05) is 12.1 Å². The average molecular weight is 259 g/mol. The Morgan fingerprint density at radius 1 is 1.32 bits per heavy atom. The van der Waals surface area contributed by atoms with Gasteiger partial charge in [0.15, 0.2) is 5.79 Å². The van der Waals surface area contributed by atoms with Crippen LogP contribution in [0.4, 0.5) is 5.82 Å². The van der Waals surface area contributed by atoms with Gasteiger partial charge in [-0.25, -0.2) is 9.97 Å². The van der Waals surface area contributed by atoms with Gasteiger partial charge in [0.1, 0.15) is 18.2 Å². The predicted molar refractivity (Wildman–Crippen MR) is 72.9 cm³/mol. The van der Waals surface area contributed by atoms with E-state index in [2.05, 4.69) is 15.3 Å². The molecule has 0 aliphatic carbocycles. The molecule has 1 fully saturated rings. The summed E-state index contributed by atoms with van der Waals surface area (Å²) in [5.74, 6) is 0.346. The van der Waals surface area contributed by atoms with E-state index < -0.39 is 5.79 Å². The first-order valence-corrected chi connectivity index (χ1v) is 6.39. The standard InChI is InChI=1S/C14H17N3O2/c1-14(2)18-8-10(19-14)7-15-13-11-5-3-4-6-12(11)16-9-17-13/h3-6,9-10H,7-8H2,1-2H3,(H,15,16,17). The Labute approximate surface area is 112 Å². The minimum absolute atomic E-state index is 0.0451. The van der Waals surface area contributed by atoms with Crippen molar-refractivity contribution in [2.45, 2.75) is 25.7 Å². The Morgan fingerprint density at radius 2 is 2.16 bits per heavy atom. The second-order valence-corrected chi connectivity index (χ2v) is 5.07. The molecule has 1 atom stereocenters. The average Bonchev–Trinajstić information content (AvgIpc) is 2.76. The normalized spacial score (nSPS) is 21.7. The molecule has 5 heteroatoms. The van der Waals surface area contributed by atoms with Crippen molar-refractivity contribution in [1.82, 2.24) is 9.97 Å². The number of rotatable bonds is 3. The summed E-state index contributed by atoms with van der Waals surface area (Å²) in [6.45, 7) is 5.12. The lowest BCUT2D eigenvalue weighted by Gasteiger charge is -2.17. The number of hydrogen-bond donors (Lipinski definition) is 1. The maximum absolute atomic E-state index is 5.75. The molecule has 1 aromatic heterocycles. The van der Waals surface area contributed by atoms with Crippen LogP contribution in [0.2, 0.25) is 0 Å². The first kappa shape index (κ1) is 12.3. The van der Waals surface area contributed by atoms with Crippen LogP contribution in [0.25, 0.3) is 10.9 Å². The number of aromatic nitrogens is 2. The van der Waals surface area contributed by atoms with Gasteiger partial charge in [0, 0.05) is 11.9 Å². The third-order valence-electron chi connectivity index (χ3n) is 3.11. The number of ether oxygens (including phenoxy) is 2. The van der Waals surface area contributed by atoms with Crippen LogP contribution in [0.1, 0.15) is 13.8 Å². The Kier molecular flexibility index (Phi) is 3.08. The third kappa shape index (κ3) is 2.67. The largest absolute Gasteiger partial charge is 0.367 e. The van der Waals surface area contributed by atoms with Gasteiger partial charge in [-0.3, -0.25) is 0 Å². The lowest BCUT2D eigenvalue weighted by Crippen LogP contribution is -2.26. The van der Waals surface area contributed by atoms with Crippen molar-refractivity contribution >= 4 is 16.7 Å². The van der Waals surface area contributed by atoms with Crippen molar-refractivity contribution in [3.05, 3.63) is 30.6 Å². The number of fused-ring (bicyclic) bond motifs is 1. The highest BCUT2D eigenvalue weighted by atomic mass is 16.7. The quantitative estimate of drug-likeness (QED) is 0.915. The zero-order chi connectivity index (χ0) is 13.3. The number of para-hydroxylation sites is 1. The Balaban J connectivity index is 1.72. The monoisotopic (exact) mass is 259 g/mol. The van der Waals surface area contributed by atoms with Gasteiger partial charge in [0.2, 0.25) is 0 Å². The molecule has 0 amide bonds. The molecule has 1 unspecified atom stereocenters. The topological polar surface area (TPSA) is 56.3 Å². The maximum Gasteiger partial charge on any atom is 0.163 e. The molecule has 0 bridgehead atoms. The van der Waals surface area contributed by atoms with Crippen molar-refractivity contribution in [3.63, 3.8) is 0 Å². The highest BCUT2D eigenvalue weighted by Crippen LogP contribution is 2.23. The molecule has 1 saturated heterocycles. The number of benzene rings is 1. The molecule has 1 aromatic carbocycles. The first-order chi connectivity index (χ1) is 9.14. The molecule has 0 radical (unpaired) electrons. The van der Waals surface area contributed by atoms with Crippen LogP contribution < -0.4 is 5.32 Å². The number of hydrogen-bond acceptors (Lipinski definition) is 5. The second-order valence-electron chi connectivity index (χ2n) is 5.07. The molecule has 1 aliphatic heterocycles. The molecule has 1 N–H and O–H groups in total. The molecule has 2 heterocycles. The summed E-state index contributed by atoms with van der Waals surface area (Å²) in [6.07, 6.45) is 1.62. The zero-order valence-corrected chi connectivity index (χ0v) is 11.1. The summed E-state index contributed by atoms with van der Waals surface area (Å²) < 4.78 is 11.3. The van der Waals surface area contributed by atoms with Gasteiger partial charge < -0.3 is 14.8 Å². The molecule has 0 spiro atoms. The van der Waals surface area contributed by atoms with Crippen molar-refractivity contribution < 1.29 is 9.47 Å². The van der Waals surface area contributed by atoms with E-state index >= 15 is 0 Å². The van der Waals surface area contributed by atoms with Gasteiger partial charge in [0.25, 0.3) is 0 Å². The first-order valence-electron chi connectivity index (χ1n) is 6.39. The van der Waals surface area contributed by atoms with E-state index in [4.69, 9.17) is 9.47 Å². The Morgan fingerprint density at radius 3 is 2.95 bits per heavy atom. The van der Waals surface area contributed by atoms with Gasteiger partial charge in [-0.2, -0.15) is 0 Å². The molecule has 19 heavy (non-hydrogen) atoms. The number of anilines is 1. The van der Waals surface area contributed by atoms with Gasteiger partial charge in [-0.15, -0.1) is 0 Å². The van der Waals surface area contributed by atoms with E-state index in [9.17, 15) is 0 Å². The SMILES string of the molecule is CC1(C)OCC(CNc2ncnc3ccccc23)O1. The molecule has 2 aromatic rings. The van der Waals surface area contributed by atoms with Crippen LogP contribution in [-0.2, 0) is 9.47 Å². The highest BCUT2D eigenvalue weighted by Gasteiger charge is 2.32. The van der Waals surface area contributed by atoms with Gasteiger partial charge in [0.05, 0.1) is 12.1 Å². The Bertz CT molecular complexity index is 580. The maximum atomic E-state index is 5.75. The highest BCUT2D eigenvalue weighted by molar-refractivity contribution is 5.88. The van der Waals surface area contributed by atoms with Crippen LogP contribution >= 0.6 is 0 Å². The second kappa shape index (κ2) is 4.75. The fourth-order valence-corrected chi connectivity index (χ4v) is 2.22. The van der Waals surface area contributed by atoms with Gasteiger partial charge in [-0.05, 0) is 26.0 Å². The summed E-state index contributed by atoms with van der Waals surface area (Å²) in [7, 11) is 0. The third-order valence-corrected chi connectivity index (χ3v) is 3.11. The smallest absolute Gasteiger partial charge is 0.163 e. The van der Waals surface area contributed by atoms with Crippen molar-refractivity contribution in [3.8, 4) is 0 Å². The van der Waals surface area contributed by atoms with Crippen molar-refractivity contribution in [2.75, 3.05) is 18.5 Å². The van der Waals surface area contributed by atoms with Crippen molar-refractivity contribution in [1.29, 1.82) is 0 Å². The zero-order valence-electron chi connectivity index (χ0n) is 11.1. The fraction of sp³-hybridized carbons (Fsp3) is 0.429. The van der Waals surface area contributed by atoms with E-state index in [0.29, 0.717) is 13.2 Å². The van der Waals surface area contributed by atoms with E-state index in [0.717, 1.165) is 16.7 Å². The lowest BCUT2D eigenvalue weighted by atomic mass is 10.2. The van der Waals surface area contributed by atoms with Crippen LogP contribution in [0.15, 0.2) is 30.6 Å². The van der Waals surface area contributed by atoms with E-state index in [-0.39, 0.29) is 6.10 Å². The molecular weight excluding hydrogens is 242 g/mol. The van der Waals surface area contributed by atoms with Crippen LogP contribution in [-0.4, -0.2) is 35.0 Å². The molecule has 0 saturated carbocycles. The summed E-state index contributed by atoms with van der Waals surface area (Å²) in [4.78, 5) is 8.52. The minimum Gasteiger partial charge on any atom is -0.367 e. The predicted octanol–water partition coefficient (Wildman–Crippen LogP) is 2.19.